The van der Waals surface area contributed by atoms with Crippen LogP contribution in [0.5, 0.6) is 0 Å². The van der Waals surface area contributed by atoms with Gasteiger partial charge in [-0.25, -0.2) is 0 Å². The van der Waals surface area contributed by atoms with Gasteiger partial charge < -0.3 is 10.6 Å². The molecule has 4 nitrogen and oxygen atoms in total. The van der Waals surface area contributed by atoms with Crippen LogP contribution in [0.15, 0.2) is 0 Å². The summed E-state index contributed by atoms with van der Waals surface area (Å²) in [7, 11) is 0. The summed E-state index contributed by atoms with van der Waals surface area (Å²) in [6, 6.07) is 0. The highest BCUT2D eigenvalue weighted by atomic mass is 16.2. The Labute approximate surface area is 166 Å². The van der Waals surface area contributed by atoms with E-state index in [1.54, 1.807) is 0 Å². The number of unbranched alkanes of at least 4 members (excludes halogenated alkanes) is 5. The number of hydrogen-bond donors (Lipinski definition) is 2. The molecule has 2 N–H and O–H groups in total. The minimum atomic E-state index is 0. The van der Waals surface area contributed by atoms with Crippen molar-refractivity contribution < 1.29 is 12.4 Å². The van der Waals surface area contributed by atoms with Crippen LogP contribution < -0.4 is 10.6 Å². The molecule has 0 atom stereocenters. The van der Waals surface area contributed by atoms with Gasteiger partial charge in [-0.15, -0.1) is 0 Å². The summed E-state index contributed by atoms with van der Waals surface area (Å²) in [6.07, 6.45) is 11.3. The molecule has 0 spiro atoms. The molecule has 0 aliphatic rings. The predicted molar refractivity (Wildman–Crippen MR) is 117 cm³/mol. The summed E-state index contributed by atoms with van der Waals surface area (Å²) in [5.74, 6) is 1.30. The molecule has 0 aromatic heterocycles. The molecular weight excluding hydrogens is 324 g/mol. The van der Waals surface area contributed by atoms with Gasteiger partial charge in [0.1, 0.15) is 0 Å². The highest BCUT2D eigenvalue weighted by molar-refractivity contribution is 5.77. The Bertz CT molecular complexity index is 338. The first-order valence-electron chi connectivity index (χ1n) is 10.9. The molecule has 0 aromatic carbocycles. The molecule has 4 heteroatoms. The van der Waals surface area contributed by atoms with E-state index in [0.717, 1.165) is 44.7 Å². The fourth-order valence-electron chi connectivity index (χ4n) is 2.30. The third kappa shape index (κ3) is 22.9. The van der Waals surface area contributed by atoms with Crippen LogP contribution in [0.4, 0.5) is 0 Å². The molecule has 0 aliphatic carbocycles. The van der Waals surface area contributed by atoms with Crippen LogP contribution in [0.1, 0.15) is 109 Å². The van der Waals surface area contributed by atoms with Gasteiger partial charge in [-0.2, -0.15) is 0 Å². The lowest BCUT2D eigenvalue weighted by molar-refractivity contribution is -0.124. The molecule has 26 heavy (non-hydrogen) atoms. The molecule has 0 saturated heterocycles. The van der Waals surface area contributed by atoms with Crippen molar-refractivity contribution in [2.75, 3.05) is 13.1 Å². The van der Waals surface area contributed by atoms with Crippen LogP contribution in [0.25, 0.3) is 0 Å². The molecule has 0 bridgehead atoms. The Morgan fingerprint density at radius 1 is 0.769 bits per heavy atom. The molecule has 0 unspecified atom stereocenters. The highest BCUT2D eigenvalue weighted by Crippen LogP contribution is 2.05. The van der Waals surface area contributed by atoms with Crippen molar-refractivity contribution in [1.82, 2.24) is 10.6 Å². The van der Waals surface area contributed by atoms with Crippen molar-refractivity contribution in [3.8, 4) is 0 Å². The van der Waals surface area contributed by atoms with Crippen LogP contribution in [0.3, 0.4) is 0 Å². The van der Waals surface area contributed by atoms with E-state index in [0.29, 0.717) is 6.42 Å². The van der Waals surface area contributed by atoms with Crippen LogP contribution in [-0.2, 0) is 9.59 Å². The Morgan fingerprint density at radius 2 is 1.35 bits per heavy atom. The summed E-state index contributed by atoms with van der Waals surface area (Å²) >= 11 is 0. The minimum Gasteiger partial charge on any atom is -0.356 e. The fraction of sp³-hybridized carbons (Fsp3) is 0.909. The summed E-state index contributed by atoms with van der Waals surface area (Å²) in [5.41, 5.74) is 0. The van der Waals surface area contributed by atoms with Gasteiger partial charge in [0.25, 0.3) is 0 Å². The van der Waals surface area contributed by atoms with E-state index >= 15 is 0 Å². The highest BCUT2D eigenvalue weighted by Gasteiger charge is 2.04. The van der Waals surface area contributed by atoms with Crippen LogP contribution in [0.2, 0.25) is 0 Å². The van der Waals surface area contributed by atoms with Crippen molar-refractivity contribution in [3.63, 3.8) is 0 Å². The molecule has 0 fully saturated rings. The summed E-state index contributed by atoms with van der Waals surface area (Å²) < 4.78 is 0. The Hall–Kier alpha value is -1.06. The van der Waals surface area contributed by atoms with E-state index in [2.05, 4.69) is 38.3 Å². The quantitative estimate of drug-likeness (QED) is 0.369. The first kappa shape index (κ1) is 27.2. The second-order valence-corrected chi connectivity index (χ2v) is 7.85. The van der Waals surface area contributed by atoms with Gasteiger partial charge in [-0.3, -0.25) is 9.59 Å². The van der Waals surface area contributed by atoms with Gasteiger partial charge in [0.2, 0.25) is 11.8 Å². The standard InChI is InChI=1S/C12H25NO.C10H21NO.2H2/c1-4-5-9-12(14)13-10-7-6-8-11(2)3;1-4-5-6-7-8-11-10(12)9(2)3;;/h11H,4-10H2,1-3H3,(H,13,14);9H,4-8H2,1-3H3,(H,11,12);2*1H. The molecular formula is C22H50N2O2. The third-order valence-electron chi connectivity index (χ3n) is 4.14. The van der Waals surface area contributed by atoms with E-state index in [4.69, 9.17) is 0 Å². The lowest BCUT2D eigenvalue weighted by atomic mass is 10.1. The number of carbonyl (C=O) groups is 2. The van der Waals surface area contributed by atoms with E-state index in [1.807, 2.05) is 13.8 Å². The van der Waals surface area contributed by atoms with Gasteiger partial charge in [0, 0.05) is 28.3 Å². The van der Waals surface area contributed by atoms with Crippen LogP contribution in [-0.4, -0.2) is 24.9 Å². The maximum Gasteiger partial charge on any atom is 0.222 e. The van der Waals surface area contributed by atoms with Gasteiger partial charge in [-0.1, -0.05) is 80.1 Å². The number of nitrogens with one attached hydrogen (secondary N) is 2. The average Bonchev–Trinajstić information content (AvgIpc) is 2.59. The van der Waals surface area contributed by atoms with Crippen molar-refractivity contribution in [2.45, 2.75) is 106 Å². The fourth-order valence-corrected chi connectivity index (χ4v) is 2.30. The molecule has 0 aromatic rings. The van der Waals surface area contributed by atoms with E-state index in [-0.39, 0.29) is 20.6 Å². The van der Waals surface area contributed by atoms with Gasteiger partial charge in [0.15, 0.2) is 0 Å². The number of rotatable bonds is 14. The number of amides is 2. The van der Waals surface area contributed by atoms with E-state index in [9.17, 15) is 9.59 Å². The maximum atomic E-state index is 11.2. The first-order chi connectivity index (χ1) is 12.3. The topological polar surface area (TPSA) is 58.2 Å². The van der Waals surface area contributed by atoms with Crippen LogP contribution >= 0.6 is 0 Å². The lowest BCUT2D eigenvalue weighted by Gasteiger charge is -2.06. The molecule has 0 radical (unpaired) electrons. The molecule has 0 rings (SSSR count). The monoisotopic (exact) mass is 374 g/mol. The van der Waals surface area contributed by atoms with E-state index in [1.165, 1.54) is 32.1 Å². The second-order valence-electron chi connectivity index (χ2n) is 7.85. The summed E-state index contributed by atoms with van der Waals surface area (Å²) in [6.45, 7) is 14.3. The third-order valence-corrected chi connectivity index (χ3v) is 4.14. The zero-order chi connectivity index (χ0) is 20.2. The Morgan fingerprint density at radius 3 is 1.88 bits per heavy atom. The minimum absolute atomic E-state index is 0. The number of hydrogen-bond acceptors (Lipinski definition) is 2. The smallest absolute Gasteiger partial charge is 0.222 e. The molecule has 160 valence electrons. The second kappa shape index (κ2) is 20.3. The van der Waals surface area contributed by atoms with Gasteiger partial charge >= 0.3 is 0 Å². The number of carbonyl (C=O) groups excluding carboxylic acids is 2. The largest absolute Gasteiger partial charge is 0.356 e. The van der Waals surface area contributed by atoms with Crippen molar-refractivity contribution in [1.29, 1.82) is 0 Å². The first-order valence-corrected chi connectivity index (χ1v) is 10.9. The van der Waals surface area contributed by atoms with Crippen molar-refractivity contribution >= 4 is 11.8 Å². The zero-order valence-electron chi connectivity index (χ0n) is 18.5. The molecule has 0 heterocycles. The van der Waals surface area contributed by atoms with Crippen molar-refractivity contribution in [3.05, 3.63) is 0 Å². The summed E-state index contributed by atoms with van der Waals surface area (Å²) in [4.78, 5) is 22.3. The average molecular weight is 375 g/mol. The van der Waals surface area contributed by atoms with Gasteiger partial charge in [0.05, 0.1) is 0 Å². The normalized spacial score (nSPS) is 10.5. The zero-order valence-corrected chi connectivity index (χ0v) is 18.5. The molecule has 0 aliphatic heterocycles. The Balaban J connectivity index is -0.000000194. The maximum absolute atomic E-state index is 11.2. The van der Waals surface area contributed by atoms with Gasteiger partial charge in [-0.05, 0) is 25.2 Å². The SMILES string of the molecule is CCCCC(=O)NCCCCC(C)C.CCCCCCNC(=O)C(C)C.[HH].[HH]. The molecule has 2 amide bonds. The van der Waals surface area contributed by atoms with E-state index < -0.39 is 0 Å². The lowest BCUT2D eigenvalue weighted by Crippen LogP contribution is -2.28. The summed E-state index contributed by atoms with van der Waals surface area (Å²) in [5, 5.41) is 5.85. The predicted octanol–water partition coefficient (Wildman–Crippen LogP) is 5.95. The Kier molecular flexibility index (Phi) is 21.2. The van der Waals surface area contributed by atoms with Crippen molar-refractivity contribution in [2.24, 2.45) is 11.8 Å². The molecule has 0 saturated carbocycles. The van der Waals surface area contributed by atoms with Crippen LogP contribution in [0, 0.1) is 11.8 Å².